The Kier molecular flexibility index (Phi) is 2.49. The summed E-state index contributed by atoms with van der Waals surface area (Å²) in [5, 5.41) is 0. The average Bonchev–Trinajstić information content (AvgIpc) is 2.16. The van der Waals surface area contributed by atoms with Crippen LogP contribution >= 0.6 is 0 Å². The van der Waals surface area contributed by atoms with Gasteiger partial charge >= 0.3 is 0 Å². The number of hydrogen-bond donors (Lipinski definition) is 0. The molecular formula is C10H15NO2S. The van der Waals surface area contributed by atoms with Crippen LogP contribution in [-0.2, 0) is 10.0 Å². The van der Waals surface area contributed by atoms with Crippen molar-refractivity contribution in [2.75, 3.05) is 19.3 Å². The highest BCUT2D eigenvalue weighted by atomic mass is 32.2. The predicted molar refractivity (Wildman–Crippen MR) is 56.4 cm³/mol. The van der Waals surface area contributed by atoms with Crippen molar-refractivity contribution in [3.8, 4) is 0 Å². The molecule has 3 nitrogen and oxygen atoms in total. The van der Waals surface area contributed by atoms with E-state index in [1.165, 1.54) is 17.4 Å². The smallest absolute Gasteiger partial charge is 0.211 e. The van der Waals surface area contributed by atoms with Crippen molar-refractivity contribution in [3.63, 3.8) is 0 Å². The Morgan fingerprint density at radius 3 is 2.50 bits per heavy atom. The van der Waals surface area contributed by atoms with Crippen LogP contribution in [0.1, 0.15) is 19.3 Å². The molecule has 4 heteroatoms. The van der Waals surface area contributed by atoms with E-state index >= 15 is 0 Å². The maximum Gasteiger partial charge on any atom is 0.211 e. The summed E-state index contributed by atoms with van der Waals surface area (Å²) in [5.74, 6) is 0. The molecule has 1 saturated heterocycles. The molecule has 0 amide bonds. The number of fused-ring (bicyclic) bond motifs is 1. The topological polar surface area (TPSA) is 37.4 Å². The highest BCUT2D eigenvalue weighted by molar-refractivity contribution is 7.88. The molecule has 0 aromatic rings. The van der Waals surface area contributed by atoms with Crippen LogP contribution in [-0.4, -0.2) is 32.1 Å². The van der Waals surface area contributed by atoms with E-state index in [9.17, 15) is 8.42 Å². The Balaban J connectivity index is 2.19. The number of allylic oxidation sites excluding steroid dienone is 2. The largest absolute Gasteiger partial charge is 0.212 e. The second-order valence-corrected chi connectivity index (χ2v) is 5.87. The van der Waals surface area contributed by atoms with Crippen LogP contribution in [0.2, 0.25) is 0 Å². The molecule has 0 radical (unpaired) electrons. The van der Waals surface area contributed by atoms with E-state index in [1.54, 1.807) is 4.31 Å². The van der Waals surface area contributed by atoms with Gasteiger partial charge in [-0.05, 0) is 30.4 Å². The van der Waals surface area contributed by atoms with Gasteiger partial charge in [0.2, 0.25) is 10.0 Å². The van der Waals surface area contributed by atoms with Gasteiger partial charge in [-0.3, -0.25) is 0 Å². The molecule has 0 saturated carbocycles. The van der Waals surface area contributed by atoms with Crippen LogP contribution in [0.4, 0.5) is 0 Å². The monoisotopic (exact) mass is 213 g/mol. The summed E-state index contributed by atoms with van der Waals surface area (Å²) >= 11 is 0. The molecule has 1 fully saturated rings. The maximum atomic E-state index is 11.3. The first-order chi connectivity index (χ1) is 6.57. The standard InChI is InChI=1S/C10H15NO2S/c1-14(12,13)11-7-6-9-4-2-3-5-10(9)8-11/h4-5H,2-3,6-8H2,1H3. The third-order valence-corrected chi connectivity index (χ3v) is 4.06. The predicted octanol–water partition coefficient (Wildman–Crippen LogP) is 1.30. The highest BCUT2D eigenvalue weighted by Crippen LogP contribution is 2.27. The first-order valence-corrected chi connectivity index (χ1v) is 6.76. The minimum absolute atomic E-state index is 0.574. The molecule has 0 unspecified atom stereocenters. The zero-order valence-corrected chi connectivity index (χ0v) is 9.18. The molecule has 1 heterocycles. The quantitative estimate of drug-likeness (QED) is 0.658. The fraction of sp³-hybridized carbons (Fsp3) is 0.600. The van der Waals surface area contributed by atoms with E-state index in [4.69, 9.17) is 0 Å². The summed E-state index contributed by atoms with van der Waals surface area (Å²) < 4.78 is 24.2. The minimum Gasteiger partial charge on any atom is -0.212 e. The molecule has 0 atom stereocenters. The maximum absolute atomic E-state index is 11.3. The van der Waals surface area contributed by atoms with Gasteiger partial charge in [-0.25, -0.2) is 8.42 Å². The van der Waals surface area contributed by atoms with Crippen molar-refractivity contribution >= 4 is 10.0 Å². The van der Waals surface area contributed by atoms with Gasteiger partial charge in [0.15, 0.2) is 0 Å². The van der Waals surface area contributed by atoms with Crippen molar-refractivity contribution in [3.05, 3.63) is 23.3 Å². The van der Waals surface area contributed by atoms with E-state index in [-0.39, 0.29) is 0 Å². The highest BCUT2D eigenvalue weighted by Gasteiger charge is 2.25. The van der Waals surface area contributed by atoms with Crippen LogP contribution in [0.3, 0.4) is 0 Å². The summed E-state index contributed by atoms with van der Waals surface area (Å²) in [6, 6.07) is 0. The van der Waals surface area contributed by atoms with Gasteiger partial charge in [0, 0.05) is 13.1 Å². The minimum atomic E-state index is -3.01. The zero-order chi connectivity index (χ0) is 10.2. The summed E-state index contributed by atoms with van der Waals surface area (Å²) in [7, 11) is -3.01. The van der Waals surface area contributed by atoms with Crippen LogP contribution in [0, 0.1) is 0 Å². The van der Waals surface area contributed by atoms with Crippen LogP contribution in [0.5, 0.6) is 0 Å². The van der Waals surface area contributed by atoms with E-state index in [2.05, 4.69) is 12.2 Å². The number of piperidine rings is 1. The van der Waals surface area contributed by atoms with E-state index < -0.39 is 10.0 Å². The molecule has 1 aliphatic carbocycles. The summed E-state index contributed by atoms with van der Waals surface area (Å²) in [4.78, 5) is 0. The molecule has 0 N–H and O–H groups in total. The van der Waals surface area contributed by atoms with Gasteiger partial charge in [0.05, 0.1) is 6.26 Å². The van der Waals surface area contributed by atoms with E-state index in [0.717, 1.165) is 19.3 Å². The van der Waals surface area contributed by atoms with Crippen LogP contribution < -0.4 is 0 Å². The van der Waals surface area contributed by atoms with Gasteiger partial charge in [0.25, 0.3) is 0 Å². The molecule has 0 spiro atoms. The van der Waals surface area contributed by atoms with Crippen LogP contribution in [0.25, 0.3) is 0 Å². The molecule has 0 aromatic carbocycles. The molecule has 14 heavy (non-hydrogen) atoms. The number of rotatable bonds is 1. The Morgan fingerprint density at radius 2 is 1.86 bits per heavy atom. The Labute approximate surface area is 85.2 Å². The van der Waals surface area contributed by atoms with Crippen molar-refractivity contribution in [2.24, 2.45) is 0 Å². The normalized spacial score (nSPS) is 23.8. The van der Waals surface area contributed by atoms with Gasteiger partial charge in [-0.1, -0.05) is 12.2 Å². The molecule has 2 aliphatic rings. The molecule has 2 rings (SSSR count). The Bertz CT molecular complexity index is 392. The summed E-state index contributed by atoms with van der Waals surface area (Å²) in [6.07, 6.45) is 8.74. The van der Waals surface area contributed by atoms with Crippen molar-refractivity contribution < 1.29 is 8.42 Å². The van der Waals surface area contributed by atoms with E-state index in [0.29, 0.717) is 13.1 Å². The molecule has 0 aromatic heterocycles. The number of hydrogen-bond acceptors (Lipinski definition) is 2. The fourth-order valence-electron chi connectivity index (χ4n) is 2.00. The lowest BCUT2D eigenvalue weighted by Gasteiger charge is -2.30. The number of nitrogens with zero attached hydrogens (tertiary/aromatic N) is 1. The number of sulfonamides is 1. The Morgan fingerprint density at radius 1 is 1.21 bits per heavy atom. The first kappa shape index (κ1) is 9.93. The second kappa shape index (κ2) is 3.51. The lowest BCUT2D eigenvalue weighted by molar-refractivity contribution is 0.423. The first-order valence-electron chi connectivity index (χ1n) is 4.91. The van der Waals surface area contributed by atoms with Gasteiger partial charge in [-0.15, -0.1) is 0 Å². The Hall–Kier alpha value is -0.610. The molecule has 0 bridgehead atoms. The van der Waals surface area contributed by atoms with Gasteiger partial charge < -0.3 is 0 Å². The molecule has 1 aliphatic heterocycles. The SMILES string of the molecule is CS(=O)(=O)N1CCC2=CCCC=C2C1. The third kappa shape index (κ3) is 1.91. The average molecular weight is 213 g/mol. The van der Waals surface area contributed by atoms with Crippen molar-refractivity contribution in [1.82, 2.24) is 4.31 Å². The van der Waals surface area contributed by atoms with Crippen molar-refractivity contribution in [1.29, 1.82) is 0 Å². The zero-order valence-electron chi connectivity index (χ0n) is 8.36. The summed E-state index contributed by atoms with van der Waals surface area (Å²) in [5.41, 5.74) is 2.57. The lowest BCUT2D eigenvalue weighted by atomic mass is 9.93. The summed E-state index contributed by atoms with van der Waals surface area (Å²) in [6.45, 7) is 1.21. The van der Waals surface area contributed by atoms with Gasteiger partial charge in [-0.2, -0.15) is 4.31 Å². The fourth-order valence-corrected chi connectivity index (χ4v) is 2.80. The van der Waals surface area contributed by atoms with Gasteiger partial charge in [0.1, 0.15) is 0 Å². The van der Waals surface area contributed by atoms with E-state index in [1.807, 2.05) is 0 Å². The molecule has 78 valence electrons. The molecular weight excluding hydrogens is 198 g/mol. The second-order valence-electron chi connectivity index (χ2n) is 3.88. The van der Waals surface area contributed by atoms with Crippen molar-refractivity contribution in [2.45, 2.75) is 19.3 Å². The lowest BCUT2D eigenvalue weighted by Crippen LogP contribution is -2.37. The van der Waals surface area contributed by atoms with Crippen LogP contribution in [0.15, 0.2) is 23.3 Å². The third-order valence-electron chi connectivity index (χ3n) is 2.81.